The summed E-state index contributed by atoms with van der Waals surface area (Å²) in [4.78, 5) is 102. The summed E-state index contributed by atoms with van der Waals surface area (Å²) in [6.07, 6.45) is 16.9. The van der Waals surface area contributed by atoms with Gasteiger partial charge in [-0.05, 0) is 128 Å². The monoisotopic (exact) mass is 987 g/mol. The first-order valence-corrected chi connectivity index (χ1v) is 26.2. The molecule has 17 nitrogen and oxygen atoms in total. The molecule has 0 aliphatic carbocycles. The molecule has 0 spiro atoms. The SMILES string of the molecule is CCC(C)CC(C)C.CCC(NC(=O)[C@H](CCCNC(=O)C1CCCN1C(=O)C(CCC=O)NC(=O)C(CCc1ccc(O)cc1)NC)NC)C(=O)N1CCCC1C=O.CCCCCCCC=O.CN. The molecule has 8 N–H and O–H groups in total. The minimum atomic E-state index is -0.982. The van der Waals surface area contributed by atoms with Crippen molar-refractivity contribution >= 4 is 48.4 Å². The number of phenolic OH excluding ortho intramolecular Hbond substituents is 1. The Labute approximate surface area is 420 Å². The van der Waals surface area contributed by atoms with Crippen molar-refractivity contribution in [1.29, 1.82) is 0 Å². The first kappa shape index (κ1) is 65.3. The van der Waals surface area contributed by atoms with Gasteiger partial charge in [0.15, 0.2) is 0 Å². The molecule has 5 amide bonds. The summed E-state index contributed by atoms with van der Waals surface area (Å²) in [5, 5.41) is 24.0. The van der Waals surface area contributed by atoms with Crippen LogP contribution in [0.5, 0.6) is 5.75 Å². The van der Waals surface area contributed by atoms with Gasteiger partial charge in [0.1, 0.15) is 42.7 Å². The average Bonchev–Trinajstić information content (AvgIpc) is 4.07. The first-order valence-electron chi connectivity index (χ1n) is 26.2. The molecule has 70 heavy (non-hydrogen) atoms. The molecule has 2 saturated heterocycles. The number of nitrogens with one attached hydrogen (secondary N) is 5. The first-order chi connectivity index (χ1) is 33.7. The maximum atomic E-state index is 13.7. The highest BCUT2D eigenvalue weighted by atomic mass is 16.3. The molecule has 3 rings (SSSR count). The van der Waals surface area contributed by atoms with Gasteiger partial charge in [-0.15, -0.1) is 0 Å². The van der Waals surface area contributed by atoms with Crippen LogP contribution in [-0.2, 0) is 44.8 Å². The number of hydrogen-bond acceptors (Lipinski definition) is 12. The Morgan fingerprint density at radius 2 is 1.27 bits per heavy atom. The van der Waals surface area contributed by atoms with Crippen LogP contribution in [0.2, 0.25) is 0 Å². The van der Waals surface area contributed by atoms with Crippen LogP contribution >= 0.6 is 0 Å². The van der Waals surface area contributed by atoms with Gasteiger partial charge in [-0.1, -0.05) is 85.8 Å². The van der Waals surface area contributed by atoms with Gasteiger partial charge in [-0.2, -0.15) is 0 Å². The number of aldehydes is 3. The van der Waals surface area contributed by atoms with E-state index in [4.69, 9.17) is 0 Å². The highest BCUT2D eigenvalue weighted by Gasteiger charge is 2.38. The fourth-order valence-corrected chi connectivity index (χ4v) is 8.51. The summed E-state index contributed by atoms with van der Waals surface area (Å²) in [7, 11) is 4.80. The van der Waals surface area contributed by atoms with Crippen LogP contribution in [0.3, 0.4) is 0 Å². The summed E-state index contributed by atoms with van der Waals surface area (Å²) in [5.41, 5.74) is 5.44. The van der Waals surface area contributed by atoms with E-state index in [1.165, 1.54) is 55.4 Å². The van der Waals surface area contributed by atoms with E-state index in [1.54, 1.807) is 45.3 Å². The molecule has 7 atom stereocenters. The van der Waals surface area contributed by atoms with Gasteiger partial charge in [0.25, 0.3) is 0 Å². The summed E-state index contributed by atoms with van der Waals surface area (Å²) >= 11 is 0. The number of likely N-dealkylation sites (tertiary alicyclic amines) is 2. The van der Waals surface area contributed by atoms with E-state index in [-0.39, 0.29) is 48.8 Å². The number of amides is 5. The number of rotatable bonds is 30. The van der Waals surface area contributed by atoms with E-state index in [0.717, 1.165) is 49.2 Å². The second-order valence-electron chi connectivity index (χ2n) is 18.7. The quantitative estimate of drug-likeness (QED) is 0.0392. The van der Waals surface area contributed by atoms with Crippen molar-refractivity contribution < 1.29 is 43.5 Å². The number of unbranched alkanes of at least 4 members (excludes halogenated alkanes) is 5. The summed E-state index contributed by atoms with van der Waals surface area (Å²) in [6, 6.07) is 2.57. The number of nitrogens with zero attached hydrogens (tertiary/aromatic N) is 2. The van der Waals surface area contributed by atoms with Gasteiger partial charge in [0.2, 0.25) is 29.5 Å². The third kappa shape index (κ3) is 25.9. The minimum Gasteiger partial charge on any atom is -0.508 e. The predicted octanol–water partition coefficient (Wildman–Crippen LogP) is 5.14. The largest absolute Gasteiger partial charge is 0.508 e. The van der Waals surface area contributed by atoms with Gasteiger partial charge >= 0.3 is 0 Å². The molecular weight excluding hydrogens is 893 g/mol. The number of aromatic hydroxyl groups is 1. The number of likely N-dealkylation sites (N-methyl/N-ethyl adjacent to an activating group) is 2. The van der Waals surface area contributed by atoms with Crippen molar-refractivity contribution in [3.8, 4) is 5.75 Å². The second-order valence-corrected chi connectivity index (χ2v) is 18.7. The smallest absolute Gasteiger partial charge is 0.245 e. The summed E-state index contributed by atoms with van der Waals surface area (Å²) in [6.45, 7) is 14.2. The van der Waals surface area contributed by atoms with Crippen molar-refractivity contribution in [3.63, 3.8) is 0 Å². The third-order valence-corrected chi connectivity index (χ3v) is 12.7. The molecule has 2 heterocycles. The molecule has 0 radical (unpaired) electrons. The Hall–Kier alpha value is -4.74. The number of hydrogen-bond donors (Lipinski definition) is 7. The van der Waals surface area contributed by atoms with Crippen LogP contribution in [-0.4, -0.2) is 140 Å². The highest BCUT2D eigenvalue weighted by molar-refractivity contribution is 5.94. The van der Waals surface area contributed by atoms with Gasteiger partial charge in [-0.3, -0.25) is 24.0 Å². The van der Waals surface area contributed by atoms with Crippen LogP contribution < -0.4 is 32.3 Å². The number of carbonyl (C=O) groups is 8. The van der Waals surface area contributed by atoms with E-state index in [0.29, 0.717) is 70.7 Å². The van der Waals surface area contributed by atoms with Gasteiger partial charge in [-0.25, -0.2) is 0 Å². The molecule has 2 aliphatic heterocycles. The van der Waals surface area contributed by atoms with E-state index in [1.807, 2.05) is 0 Å². The maximum absolute atomic E-state index is 13.7. The Bertz CT molecular complexity index is 1630. The number of aryl methyl sites for hydroxylation is 1. The second kappa shape index (κ2) is 39.9. The number of carbonyl (C=O) groups excluding carboxylic acids is 8. The topological polar surface area (TPSA) is 249 Å². The lowest BCUT2D eigenvalue weighted by Crippen LogP contribution is -2.56. The zero-order chi connectivity index (χ0) is 52.9. The molecular formula is C53H94N8O9. The molecule has 2 aliphatic rings. The molecule has 400 valence electrons. The zero-order valence-corrected chi connectivity index (χ0v) is 44.4. The minimum absolute atomic E-state index is 0.0595. The van der Waals surface area contributed by atoms with Crippen LogP contribution in [0, 0.1) is 11.8 Å². The standard InChI is InChI=1S/C36H55N7O8.C8H16O.C8H18.CH5N/c1-4-27(35(50)42-20-6-9-25(42)23-45)40-32(47)28(37-2)10-5-19-39-34(49)31-12-7-21-43(31)36(51)30(11-8-22-44)41-33(48)29(38-3)18-15-24-13-16-26(46)17-14-24;1-2-3-4-5-6-7-8-9;1-5-8(4)6-7(2)3;1-2/h13-14,16-17,22-23,25,27-31,37-38,46H,4-12,15,18-21H2,1-3H3,(H,39,49)(H,40,47)(H,41,48);8H,2-7H2,1H3;7-8H,5-6H2,1-4H3;2H2,1H3/t25?,27?,28-,29?,30?,31?;;;/m0.../s1. The fraction of sp³-hybridized carbons (Fsp3) is 0.736. The van der Waals surface area contributed by atoms with Crippen LogP contribution in [0.4, 0.5) is 0 Å². The average molecular weight is 987 g/mol. The molecule has 1 aromatic carbocycles. The molecule has 17 heteroatoms. The van der Waals surface area contributed by atoms with E-state index in [9.17, 15) is 43.5 Å². The number of nitrogens with two attached hydrogens (primary N) is 1. The summed E-state index contributed by atoms with van der Waals surface area (Å²) in [5.74, 6) is 0.206. The highest BCUT2D eigenvalue weighted by Crippen LogP contribution is 2.21. The Balaban J connectivity index is 0.00000210. The molecule has 0 saturated carbocycles. The Morgan fingerprint density at radius 1 is 0.700 bits per heavy atom. The van der Waals surface area contributed by atoms with Crippen LogP contribution in [0.15, 0.2) is 24.3 Å². The van der Waals surface area contributed by atoms with Crippen molar-refractivity contribution in [2.45, 2.75) is 200 Å². The number of phenols is 1. The zero-order valence-electron chi connectivity index (χ0n) is 44.4. The fourth-order valence-electron chi connectivity index (χ4n) is 8.51. The van der Waals surface area contributed by atoms with Gasteiger partial charge in [0, 0.05) is 32.5 Å². The maximum Gasteiger partial charge on any atom is 0.245 e. The molecule has 2 fully saturated rings. The summed E-state index contributed by atoms with van der Waals surface area (Å²) < 4.78 is 0. The van der Waals surface area contributed by atoms with Crippen molar-refractivity contribution in [3.05, 3.63) is 29.8 Å². The lowest BCUT2D eigenvalue weighted by Gasteiger charge is -2.29. The lowest BCUT2D eigenvalue weighted by molar-refractivity contribution is -0.141. The lowest BCUT2D eigenvalue weighted by atomic mass is 9.97. The molecule has 0 bridgehead atoms. The van der Waals surface area contributed by atoms with E-state index >= 15 is 0 Å². The molecule has 6 unspecified atom stereocenters. The molecule has 0 aromatic heterocycles. The van der Waals surface area contributed by atoms with Crippen LogP contribution in [0.1, 0.15) is 163 Å². The molecule has 1 aromatic rings. The van der Waals surface area contributed by atoms with Gasteiger partial charge < -0.3 is 61.6 Å². The van der Waals surface area contributed by atoms with Crippen molar-refractivity contribution in [2.24, 2.45) is 17.6 Å². The Morgan fingerprint density at radius 3 is 1.81 bits per heavy atom. The van der Waals surface area contributed by atoms with Crippen molar-refractivity contribution in [1.82, 2.24) is 36.4 Å². The van der Waals surface area contributed by atoms with Gasteiger partial charge in [0.05, 0.1) is 18.1 Å². The predicted molar refractivity (Wildman–Crippen MR) is 278 cm³/mol. The third-order valence-electron chi connectivity index (χ3n) is 12.7. The normalized spacial score (nSPS) is 17.1. The Kier molecular flexibility index (Phi) is 37.2. The van der Waals surface area contributed by atoms with Crippen LogP contribution in [0.25, 0.3) is 0 Å². The van der Waals surface area contributed by atoms with E-state index < -0.39 is 42.2 Å². The van der Waals surface area contributed by atoms with E-state index in [2.05, 4.69) is 66.9 Å². The number of benzene rings is 1. The van der Waals surface area contributed by atoms with Crippen molar-refractivity contribution in [2.75, 3.05) is 40.8 Å².